The maximum atomic E-state index is 9.37. The van der Waals surface area contributed by atoms with Gasteiger partial charge in [0, 0.05) is 31.3 Å². The van der Waals surface area contributed by atoms with E-state index in [1.165, 1.54) is 16.0 Å². The molecule has 0 spiro atoms. The third-order valence-corrected chi connectivity index (χ3v) is 4.53. The second kappa shape index (κ2) is 5.71. The van der Waals surface area contributed by atoms with E-state index in [0.717, 1.165) is 25.9 Å². The maximum absolute atomic E-state index is 9.37. The fraction of sp³-hybridized carbons (Fsp3) is 0.462. The molecule has 1 fully saturated rings. The van der Waals surface area contributed by atoms with E-state index >= 15 is 0 Å². The van der Waals surface area contributed by atoms with Gasteiger partial charge in [-0.25, -0.2) is 4.98 Å². The minimum atomic E-state index is 0.217. The number of aliphatic hydroxyl groups is 1. The number of rotatable bonds is 3. The first kappa shape index (κ1) is 13.9. The molecule has 8 heteroatoms. The van der Waals surface area contributed by atoms with Crippen LogP contribution in [0.3, 0.4) is 0 Å². The second-order valence-corrected chi connectivity index (χ2v) is 5.91. The fourth-order valence-corrected chi connectivity index (χ4v) is 3.15. The number of hydrogen-bond acceptors (Lipinski definition) is 7. The highest BCUT2D eigenvalue weighted by atomic mass is 32.1. The number of nitrogens with zero attached hydrogens (tertiary/aromatic N) is 5. The van der Waals surface area contributed by atoms with Gasteiger partial charge in [-0.05, 0) is 18.8 Å². The normalized spacial score (nSPS) is 16.1. The molecule has 3 rings (SSSR count). The SMILES string of the molecule is N#Cc1c(N2CCC(CO)CC2)nn(-c2nccs2)c1N. The molecule has 0 atom stereocenters. The lowest BCUT2D eigenvalue weighted by atomic mass is 9.98. The molecule has 3 heterocycles. The van der Waals surface area contributed by atoms with Gasteiger partial charge in [-0.3, -0.25) is 0 Å². The maximum Gasteiger partial charge on any atom is 0.212 e. The van der Waals surface area contributed by atoms with Gasteiger partial charge in [0.1, 0.15) is 17.5 Å². The van der Waals surface area contributed by atoms with Crippen molar-refractivity contribution in [2.75, 3.05) is 30.3 Å². The summed E-state index contributed by atoms with van der Waals surface area (Å²) in [5.41, 5.74) is 6.44. The van der Waals surface area contributed by atoms with Crippen molar-refractivity contribution in [3.05, 3.63) is 17.1 Å². The Balaban J connectivity index is 1.93. The van der Waals surface area contributed by atoms with Crippen molar-refractivity contribution in [1.82, 2.24) is 14.8 Å². The highest BCUT2D eigenvalue weighted by Gasteiger charge is 2.26. The Hall–Kier alpha value is -2.11. The van der Waals surface area contributed by atoms with Crippen LogP contribution in [0, 0.1) is 17.2 Å². The second-order valence-electron chi connectivity index (χ2n) is 5.04. The van der Waals surface area contributed by atoms with Crippen LogP contribution in [-0.2, 0) is 0 Å². The number of thiazole rings is 1. The van der Waals surface area contributed by atoms with E-state index in [-0.39, 0.29) is 6.61 Å². The zero-order chi connectivity index (χ0) is 14.8. The molecule has 1 saturated heterocycles. The van der Waals surface area contributed by atoms with Gasteiger partial charge >= 0.3 is 0 Å². The Bertz CT molecular complexity index is 651. The average Bonchev–Trinajstić information content (AvgIpc) is 3.14. The summed E-state index contributed by atoms with van der Waals surface area (Å²) in [6, 6.07) is 2.15. The molecule has 7 nitrogen and oxygen atoms in total. The highest BCUT2D eigenvalue weighted by molar-refractivity contribution is 7.12. The van der Waals surface area contributed by atoms with Crippen LogP contribution in [0.2, 0.25) is 0 Å². The Labute approximate surface area is 126 Å². The number of piperidine rings is 1. The lowest BCUT2D eigenvalue weighted by Gasteiger charge is -2.31. The number of nitrogen functional groups attached to an aromatic ring is 1. The van der Waals surface area contributed by atoms with Crippen molar-refractivity contribution in [3.63, 3.8) is 0 Å². The van der Waals surface area contributed by atoms with Crippen molar-refractivity contribution < 1.29 is 5.11 Å². The summed E-state index contributed by atoms with van der Waals surface area (Å²) in [5.74, 6) is 1.28. The van der Waals surface area contributed by atoms with E-state index in [9.17, 15) is 10.4 Å². The largest absolute Gasteiger partial charge is 0.396 e. The van der Waals surface area contributed by atoms with Crippen molar-refractivity contribution >= 4 is 23.0 Å². The predicted molar refractivity (Wildman–Crippen MR) is 80.4 cm³/mol. The molecular weight excluding hydrogens is 288 g/mol. The van der Waals surface area contributed by atoms with Crippen LogP contribution < -0.4 is 10.6 Å². The Morgan fingerprint density at radius 1 is 1.48 bits per heavy atom. The highest BCUT2D eigenvalue weighted by Crippen LogP contribution is 2.30. The molecule has 2 aromatic heterocycles. The molecule has 0 aromatic carbocycles. The summed E-state index contributed by atoms with van der Waals surface area (Å²) in [5, 5.41) is 25.5. The minimum Gasteiger partial charge on any atom is -0.396 e. The van der Waals surface area contributed by atoms with Gasteiger partial charge in [-0.15, -0.1) is 16.4 Å². The lowest BCUT2D eigenvalue weighted by molar-refractivity contribution is 0.202. The van der Waals surface area contributed by atoms with Gasteiger partial charge in [0.25, 0.3) is 0 Å². The summed E-state index contributed by atoms with van der Waals surface area (Å²) in [6.07, 6.45) is 3.47. The minimum absolute atomic E-state index is 0.217. The molecule has 3 N–H and O–H groups in total. The van der Waals surface area contributed by atoms with Crippen LogP contribution in [0.1, 0.15) is 18.4 Å². The predicted octanol–water partition coefficient (Wildman–Crippen LogP) is 0.991. The topological polar surface area (TPSA) is 104 Å². The standard InChI is InChI=1S/C13H16N6OS/c14-7-10-11(15)19(13-16-3-6-21-13)17-12(10)18-4-1-9(8-20)2-5-18/h3,6,9,20H,1-2,4-5,8,15H2. The molecule has 1 aliphatic heterocycles. The van der Waals surface area contributed by atoms with Crippen molar-refractivity contribution in [1.29, 1.82) is 5.26 Å². The van der Waals surface area contributed by atoms with Crippen molar-refractivity contribution in [2.45, 2.75) is 12.8 Å². The molecule has 1 aliphatic rings. The van der Waals surface area contributed by atoms with Gasteiger partial charge in [-0.1, -0.05) is 0 Å². The Morgan fingerprint density at radius 3 is 2.81 bits per heavy atom. The number of hydrogen-bond donors (Lipinski definition) is 2. The molecule has 21 heavy (non-hydrogen) atoms. The van der Waals surface area contributed by atoms with Gasteiger partial charge < -0.3 is 15.7 Å². The zero-order valence-electron chi connectivity index (χ0n) is 11.4. The quantitative estimate of drug-likeness (QED) is 0.876. The zero-order valence-corrected chi connectivity index (χ0v) is 12.3. The Kier molecular flexibility index (Phi) is 3.77. The monoisotopic (exact) mass is 304 g/mol. The molecular formula is C13H16N6OS. The van der Waals surface area contributed by atoms with Crippen LogP contribution in [0.25, 0.3) is 5.13 Å². The van der Waals surface area contributed by atoms with E-state index in [1.54, 1.807) is 6.20 Å². The number of nitrogens with two attached hydrogens (primary N) is 1. The molecule has 110 valence electrons. The molecule has 0 radical (unpaired) electrons. The van der Waals surface area contributed by atoms with Gasteiger partial charge in [-0.2, -0.15) is 9.94 Å². The van der Waals surface area contributed by atoms with E-state index in [0.29, 0.717) is 28.2 Å². The van der Waals surface area contributed by atoms with Crippen molar-refractivity contribution in [2.24, 2.45) is 5.92 Å². The van der Waals surface area contributed by atoms with E-state index in [4.69, 9.17) is 5.73 Å². The summed E-state index contributed by atoms with van der Waals surface area (Å²) in [4.78, 5) is 6.25. The molecule has 2 aromatic rings. The molecule has 0 amide bonds. The van der Waals surface area contributed by atoms with E-state index in [2.05, 4.69) is 21.1 Å². The van der Waals surface area contributed by atoms with Gasteiger partial charge in [0.05, 0.1) is 0 Å². The number of nitriles is 1. The van der Waals surface area contributed by atoms with Crippen LogP contribution >= 0.6 is 11.3 Å². The number of aromatic nitrogens is 3. The summed E-state index contributed by atoms with van der Waals surface area (Å²) >= 11 is 1.42. The average molecular weight is 304 g/mol. The third kappa shape index (κ3) is 2.46. The van der Waals surface area contributed by atoms with Gasteiger partial charge in [0.15, 0.2) is 5.82 Å². The molecule has 0 aliphatic carbocycles. The Morgan fingerprint density at radius 2 is 2.24 bits per heavy atom. The summed E-state index contributed by atoms with van der Waals surface area (Å²) in [6.45, 7) is 1.76. The molecule has 0 bridgehead atoms. The van der Waals surface area contributed by atoms with Crippen molar-refractivity contribution in [3.8, 4) is 11.2 Å². The van der Waals surface area contributed by atoms with Gasteiger partial charge in [0.2, 0.25) is 5.13 Å². The van der Waals surface area contributed by atoms with Crippen LogP contribution in [0.4, 0.5) is 11.6 Å². The van der Waals surface area contributed by atoms with Crippen LogP contribution in [0.15, 0.2) is 11.6 Å². The lowest BCUT2D eigenvalue weighted by Crippen LogP contribution is -2.35. The first-order chi connectivity index (χ1) is 10.2. The summed E-state index contributed by atoms with van der Waals surface area (Å²) in [7, 11) is 0. The molecule has 0 saturated carbocycles. The van der Waals surface area contributed by atoms with E-state index < -0.39 is 0 Å². The molecule has 0 unspecified atom stereocenters. The summed E-state index contributed by atoms with van der Waals surface area (Å²) < 4.78 is 1.52. The van der Waals surface area contributed by atoms with E-state index in [1.807, 2.05) is 5.38 Å². The smallest absolute Gasteiger partial charge is 0.212 e. The van der Waals surface area contributed by atoms with Crippen LogP contribution in [0.5, 0.6) is 0 Å². The fourth-order valence-electron chi connectivity index (χ4n) is 2.54. The number of anilines is 2. The first-order valence-corrected chi connectivity index (χ1v) is 7.66. The third-order valence-electron chi connectivity index (χ3n) is 3.79. The van der Waals surface area contributed by atoms with Crippen LogP contribution in [-0.4, -0.2) is 39.6 Å². The first-order valence-electron chi connectivity index (χ1n) is 6.79. The number of aliphatic hydroxyl groups excluding tert-OH is 1.